The minimum atomic E-state index is 0.597. The molecule has 0 atom stereocenters. The van der Waals surface area contributed by atoms with Crippen LogP contribution in [0.15, 0.2) is 60.7 Å². The zero-order valence-corrected chi connectivity index (χ0v) is 13.5. The van der Waals surface area contributed by atoms with Crippen LogP contribution in [0.2, 0.25) is 0 Å². The Morgan fingerprint density at radius 1 is 0.818 bits per heavy atom. The normalized spacial score (nSPS) is 10.5. The smallest absolute Gasteiger partial charge is 0.175 e. The second kappa shape index (κ2) is 6.16. The zero-order valence-electron chi connectivity index (χ0n) is 12.7. The lowest BCUT2D eigenvalue weighted by atomic mass is 10.1. The van der Waals surface area contributed by atoms with Gasteiger partial charge < -0.3 is 10.6 Å². The molecule has 0 saturated carbocycles. The van der Waals surface area contributed by atoms with Gasteiger partial charge in [0, 0.05) is 16.8 Å². The van der Waals surface area contributed by atoms with E-state index in [0.717, 1.165) is 16.8 Å². The number of fused-ring (bicyclic) bond motifs is 1. The number of hydrogen-bond acceptors (Lipinski definition) is 1. The van der Waals surface area contributed by atoms with Crippen LogP contribution in [0.4, 0.5) is 11.4 Å². The number of nitrogens with one attached hydrogen (secondary N) is 2. The molecule has 0 aromatic heterocycles. The van der Waals surface area contributed by atoms with Crippen LogP contribution in [0.3, 0.4) is 0 Å². The largest absolute Gasteiger partial charge is 0.332 e. The maximum absolute atomic E-state index is 5.43. The van der Waals surface area contributed by atoms with E-state index in [2.05, 4.69) is 54.8 Å². The molecule has 2 nitrogen and oxygen atoms in total. The van der Waals surface area contributed by atoms with Crippen molar-refractivity contribution in [2.45, 2.75) is 13.8 Å². The van der Waals surface area contributed by atoms with Crippen molar-refractivity contribution in [1.29, 1.82) is 0 Å². The molecule has 0 fully saturated rings. The molecule has 0 heterocycles. The van der Waals surface area contributed by atoms with E-state index >= 15 is 0 Å². The molecular weight excluding hydrogens is 288 g/mol. The van der Waals surface area contributed by atoms with Crippen LogP contribution >= 0.6 is 12.2 Å². The van der Waals surface area contributed by atoms with Crippen LogP contribution in [0.1, 0.15) is 11.1 Å². The summed E-state index contributed by atoms with van der Waals surface area (Å²) in [6.45, 7) is 4.20. The SMILES string of the molecule is Cc1ccc(NC(=S)Nc2cccc3ccccc23)cc1C. The second-order valence-electron chi connectivity index (χ2n) is 5.40. The van der Waals surface area contributed by atoms with Gasteiger partial charge in [-0.3, -0.25) is 0 Å². The average Bonchev–Trinajstić information content (AvgIpc) is 2.51. The second-order valence-corrected chi connectivity index (χ2v) is 5.81. The van der Waals surface area contributed by atoms with Crippen LogP contribution in [0.5, 0.6) is 0 Å². The maximum atomic E-state index is 5.43. The Labute approximate surface area is 136 Å². The standard InChI is InChI=1S/C19H18N2S/c1-13-10-11-16(12-14(13)2)20-19(22)21-18-9-5-7-15-6-3-4-8-17(15)18/h3-12H,1-2H3,(H2,20,21,22). The number of anilines is 2. The predicted octanol–water partition coefficient (Wildman–Crippen LogP) is 5.27. The molecule has 2 N–H and O–H groups in total. The summed E-state index contributed by atoms with van der Waals surface area (Å²) >= 11 is 5.43. The maximum Gasteiger partial charge on any atom is 0.175 e. The third-order valence-corrected chi connectivity index (χ3v) is 4.01. The van der Waals surface area contributed by atoms with Gasteiger partial charge in [-0.2, -0.15) is 0 Å². The molecule has 0 aliphatic heterocycles. The summed E-state index contributed by atoms with van der Waals surface area (Å²) in [7, 11) is 0. The van der Waals surface area contributed by atoms with Gasteiger partial charge in [-0.25, -0.2) is 0 Å². The summed E-state index contributed by atoms with van der Waals surface area (Å²) in [4.78, 5) is 0. The molecule has 110 valence electrons. The molecule has 0 bridgehead atoms. The van der Waals surface area contributed by atoms with E-state index in [9.17, 15) is 0 Å². The topological polar surface area (TPSA) is 24.1 Å². The van der Waals surface area contributed by atoms with Crippen molar-refractivity contribution in [2.75, 3.05) is 10.6 Å². The first-order valence-corrected chi connectivity index (χ1v) is 7.67. The quantitative estimate of drug-likeness (QED) is 0.631. The molecule has 0 aliphatic rings. The number of hydrogen-bond donors (Lipinski definition) is 2. The van der Waals surface area contributed by atoms with Crippen LogP contribution < -0.4 is 10.6 Å². The molecule has 0 radical (unpaired) electrons. The number of rotatable bonds is 2. The van der Waals surface area contributed by atoms with Crippen LogP contribution in [-0.4, -0.2) is 5.11 Å². The molecule has 0 amide bonds. The molecular formula is C19H18N2S. The van der Waals surface area contributed by atoms with Crippen molar-refractivity contribution < 1.29 is 0 Å². The number of aryl methyl sites for hydroxylation is 2. The molecule has 0 unspecified atom stereocenters. The predicted molar refractivity (Wildman–Crippen MR) is 99.7 cm³/mol. The summed E-state index contributed by atoms with van der Waals surface area (Å²) in [5.41, 5.74) is 4.54. The first-order valence-electron chi connectivity index (χ1n) is 7.26. The average molecular weight is 306 g/mol. The van der Waals surface area contributed by atoms with Gasteiger partial charge in [0.05, 0.1) is 0 Å². The first-order chi connectivity index (χ1) is 10.6. The first kappa shape index (κ1) is 14.5. The summed E-state index contributed by atoms with van der Waals surface area (Å²) in [5, 5.41) is 9.49. The molecule has 3 rings (SSSR count). The van der Waals surface area contributed by atoms with Crippen molar-refractivity contribution in [3.05, 3.63) is 71.8 Å². The molecule has 22 heavy (non-hydrogen) atoms. The highest BCUT2D eigenvalue weighted by Crippen LogP contribution is 2.23. The summed E-state index contributed by atoms with van der Waals surface area (Å²) in [6.07, 6.45) is 0. The van der Waals surface area contributed by atoms with Crippen molar-refractivity contribution in [3.63, 3.8) is 0 Å². The van der Waals surface area contributed by atoms with E-state index in [4.69, 9.17) is 12.2 Å². The van der Waals surface area contributed by atoms with Gasteiger partial charge in [-0.05, 0) is 60.8 Å². The lowest BCUT2D eigenvalue weighted by Crippen LogP contribution is -2.19. The van der Waals surface area contributed by atoms with Crippen LogP contribution in [0, 0.1) is 13.8 Å². The minimum absolute atomic E-state index is 0.597. The summed E-state index contributed by atoms with van der Waals surface area (Å²) < 4.78 is 0. The highest BCUT2D eigenvalue weighted by Gasteiger charge is 2.03. The molecule has 3 heteroatoms. The fourth-order valence-electron chi connectivity index (χ4n) is 2.44. The molecule has 0 saturated heterocycles. The van der Waals surface area contributed by atoms with Gasteiger partial charge in [0.2, 0.25) is 0 Å². The Morgan fingerprint density at radius 2 is 1.59 bits per heavy atom. The van der Waals surface area contributed by atoms with Crippen LogP contribution in [0.25, 0.3) is 10.8 Å². The van der Waals surface area contributed by atoms with E-state index in [1.165, 1.54) is 16.5 Å². The Hall–Kier alpha value is -2.39. The van der Waals surface area contributed by atoms with Crippen molar-refractivity contribution in [2.24, 2.45) is 0 Å². The van der Waals surface area contributed by atoms with Gasteiger partial charge in [0.15, 0.2) is 5.11 Å². The number of benzene rings is 3. The van der Waals surface area contributed by atoms with E-state index < -0.39 is 0 Å². The van der Waals surface area contributed by atoms with E-state index in [1.807, 2.05) is 30.3 Å². The highest BCUT2D eigenvalue weighted by atomic mass is 32.1. The number of thiocarbonyl (C=S) groups is 1. The Kier molecular flexibility index (Phi) is 4.07. The van der Waals surface area contributed by atoms with E-state index in [0.29, 0.717) is 5.11 Å². The third kappa shape index (κ3) is 3.10. The van der Waals surface area contributed by atoms with E-state index in [1.54, 1.807) is 0 Å². The summed E-state index contributed by atoms with van der Waals surface area (Å²) in [5.74, 6) is 0. The lowest BCUT2D eigenvalue weighted by Gasteiger charge is -2.13. The lowest BCUT2D eigenvalue weighted by molar-refractivity contribution is 1.34. The fourth-order valence-corrected chi connectivity index (χ4v) is 2.67. The highest BCUT2D eigenvalue weighted by molar-refractivity contribution is 7.80. The van der Waals surface area contributed by atoms with E-state index in [-0.39, 0.29) is 0 Å². The third-order valence-electron chi connectivity index (χ3n) is 3.80. The molecule has 3 aromatic carbocycles. The Morgan fingerprint density at radius 3 is 2.41 bits per heavy atom. The van der Waals surface area contributed by atoms with Crippen molar-refractivity contribution in [3.8, 4) is 0 Å². The monoisotopic (exact) mass is 306 g/mol. The molecule has 3 aromatic rings. The van der Waals surface area contributed by atoms with Gasteiger partial charge >= 0.3 is 0 Å². The molecule has 0 aliphatic carbocycles. The van der Waals surface area contributed by atoms with Gasteiger partial charge in [0.25, 0.3) is 0 Å². The Bertz CT molecular complexity index is 834. The Balaban J connectivity index is 1.80. The van der Waals surface area contributed by atoms with Crippen molar-refractivity contribution in [1.82, 2.24) is 0 Å². The summed E-state index contributed by atoms with van der Waals surface area (Å²) in [6, 6.07) is 20.7. The minimum Gasteiger partial charge on any atom is -0.332 e. The molecule has 0 spiro atoms. The van der Waals surface area contributed by atoms with Gasteiger partial charge in [-0.15, -0.1) is 0 Å². The van der Waals surface area contributed by atoms with Crippen LogP contribution in [-0.2, 0) is 0 Å². The van der Waals surface area contributed by atoms with Gasteiger partial charge in [-0.1, -0.05) is 42.5 Å². The van der Waals surface area contributed by atoms with Gasteiger partial charge in [0.1, 0.15) is 0 Å². The zero-order chi connectivity index (χ0) is 15.5. The van der Waals surface area contributed by atoms with Crippen molar-refractivity contribution >= 4 is 39.5 Å². The fraction of sp³-hybridized carbons (Fsp3) is 0.105.